The quantitative estimate of drug-likeness (QED) is 0.689. The molecule has 0 amide bonds. The Balaban J connectivity index is 2.62. The van der Waals surface area contributed by atoms with Crippen molar-refractivity contribution in [3.63, 3.8) is 0 Å². The summed E-state index contributed by atoms with van der Waals surface area (Å²) < 4.78 is 4.75. The van der Waals surface area contributed by atoms with Crippen molar-refractivity contribution in [1.82, 2.24) is 0 Å². The van der Waals surface area contributed by atoms with Gasteiger partial charge in [0, 0.05) is 6.61 Å². The van der Waals surface area contributed by atoms with Gasteiger partial charge in [-0.1, -0.05) is 13.8 Å². The Kier molecular flexibility index (Phi) is 3.53. The third-order valence-corrected chi connectivity index (χ3v) is 3.50. The molecule has 0 aromatic rings. The number of esters is 1. The summed E-state index contributed by atoms with van der Waals surface area (Å²) in [5, 5.41) is 9.19. The second-order valence-corrected chi connectivity index (χ2v) is 4.87. The maximum atomic E-state index is 11.4. The summed E-state index contributed by atoms with van der Waals surface area (Å²) in [7, 11) is 1.44. The minimum Gasteiger partial charge on any atom is -0.469 e. The van der Waals surface area contributed by atoms with E-state index in [0.29, 0.717) is 5.92 Å². The van der Waals surface area contributed by atoms with E-state index in [2.05, 4.69) is 13.8 Å². The molecule has 1 rings (SSSR count). The Bertz CT molecular complexity index is 211. The van der Waals surface area contributed by atoms with Gasteiger partial charge in [0.05, 0.1) is 13.0 Å². The number of aliphatic hydroxyl groups is 1. The van der Waals surface area contributed by atoms with E-state index in [0.717, 1.165) is 19.3 Å². The lowest BCUT2D eigenvalue weighted by molar-refractivity contribution is -0.149. The van der Waals surface area contributed by atoms with Gasteiger partial charge in [-0.25, -0.2) is 0 Å². The third-order valence-electron chi connectivity index (χ3n) is 3.50. The van der Waals surface area contributed by atoms with Gasteiger partial charge < -0.3 is 9.84 Å². The van der Waals surface area contributed by atoms with Gasteiger partial charge in [-0.3, -0.25) is 4.79 Å². The van der Waals surface area contributed by atoms with Gasteiger partial charge in [0.1, 0.15) is 0 Å². The normalized spacial score (nSPS) is 31.1. The first-order valence-electron chi connectivity index (χ1n) is 5.20. The van der Waals surface area contributed by atoms with Crippen LogP contribution in [0.15, 0.2) is 0 Å². The number of methoxy groups -OCH3 is 1. The van der Waals surface area contributed by atoms with Crippen LogP contribution in [0.5, 0.6) is 0 Å². The molecule has 0 spiro atoms. The molecule has 3 nitrogen and oxygen atoms in total. The predicted octanol–water partition coefficient (Wildman–Crippen LogP) is 1.59. The standard InChI is InChI=1S/C11H20O3/c1-11(2)6-8(10(13)14-3)4-5-9(11)7-12/h8-9,12H,4-7H2,1-3H3. The largest absolute Gasteiger partial charge is 0.469 e. The Morgan fingerprint density at radius 3 is 2.57 bits per heavy atom. The average Bonchev–Trinajstić information content (AvgIpc) is 2.15. The number of carbonyl (C=O) groups excluding carboxylic acids is 1. The maximum Gasteiger partial charge on any atom is 0.308 e. The summed E-state index contributed by atoms with van der Waals surface area (Å²) >= 11 is 0. The zero-order valence-electron chi connectivity index (χ0n) is 9.25. The monoisotopic (exact) mass is 200 g/mol. The number of carbonyl (C=O) groups is 1. The van der Waals surface area contributed by atoms with E-state index < -0.39 is 0 Å². The summed E-state index contributed by atoms with van der Waals surface area (Å²) in [6, 6.07) is 0. The summed E-state index contributed by atoms with van der Waals surface area (Å²) in [5.41, 5.74) is 0.0475. The van der Waals surface area contributed by atoms with E-state index in [-0.39, 0.29) is 23.9 Å². The van der Waals surface area contributed by atoms with Crippen molar-refractivity contribution in [2.45, 2.75) is 33.1 Å². The molecule has 0 saturated heterocycles. The summed E-state index contributed by atoms with van der Waals surface area (Å²) in [4.78, 5) is 11.4. The molecule has 1 N–H and O–H groups in total. The molecule has 82 valence electrons. The molecule has 1 aliphatic carbocycles. The van der Waals surface area contributed by atoms with Gasteiger partial charge in [-0.15, -0.1) is 0 Å². The fraction of sp³-hybridized carbons (Fsp3) is 0.909. The Morgan fingerprint density at radius 2 is 2.14 bits per heavy atom. The van der Waals surface area contributed by atoms with Crippen LogP contribution < -0.4 is 0 Å². The molecule has 2 atom stereocenters. The predicted molar refractivity (Wildman–Crippen MR) is 53.7 cm³/mol. The van der Waals surface area contributed by atoms with Crippen molar-refractivity contribution >= 4 is 5.97 Å². The zero-order valence-corrected chi connectivity index (χ0v) is 9.25. The SMILES string of the molecule is COC(=O)C1CCC(CO)C(C)(C)C1. The Labute approximate surface area is 85.5 Å². The molecular weight excluding hydrogens is 180 g/mol. The van der Waals surface area contributed by atoms with Crippen LogP contribution in [0.1, 0.15) is 33.1 Å². The number of ether oxygens (including phenoxy) is 1. The smallest absolute Gasteiger partial charge is 0.308 e. The summed E-state index contributed by atoms with van der Waals surface area (Å²) in [5.74, 6) is 0.246. The minimum absolute atomic E-state index is 0.0257. The highest BCUT2D eigenvalue weighted by Crippen LogP contribution is 2.43. The minimum atomic E-state index is -0.102. The van der Waals surface area contributed by atoms with E-state index >= 15 is 0 Å². The molecule has 1 saturated carbocycles. The molecule has 0 radical (unpaired) electrons. The molecule has 0 heterocycles. The van der Waals surface area contributed by atoms with Crippen molar-refractivity contribution in [1.29, 1.82) is 0 Å². The fourth-order valence-electron chi connectivity index (χ4n) is 2.40. The first-order valence-corrected chi connectivity index (χ1v) is 5.20. The van der Waals surface area contributed by atoms with Gasteiger partial charge in [0.25, 0.3) is 0 Å². The topological polar surface area (TPSA) is 46.5 Å². The molecule has 0 aromatic carbocycles. The van der Waals surface area contributed by atoms with Crippen molar-refractivity contribution in [3.05, 3.63) is 0 Å². The van der Waals surface area contributed by atoms with Gasteiger partial charge in [-0.05, 0) is 30.6 Å². The van der Waals surface area contributed by atoms with Gasteiger partial charge >= 0.3 is 5.97 Å². The van der Waals surface area contributed by atoms with Crippen molar-refractivity contribution in [2.75, 3.05) is 13.7 Å². The summed E-state index contributed by atoms with van der Waals surface area (Å²) in [6.45, 7) is 4.45. The van der Waals surface area contributed by atoms with Crippen LogP contribution in [0.25, 0.3) is 0 Å². The fourth-order valence-corrected chi connectivity index (χ4v) is 2.40. The lowest BCUT2D eigenvalue weighted by Crippen LogP contribution is -2.37. The molecule has 3 heteroatoms. The number of hydrogen-bond donors (Lipinski definition) is 1. The Hall–Kier alpha value is -0.570. The molecule has 0 aliphatic heterocycles. The molecular formula is C11H20O3. The van der Waals surface area contributed by atoms with Crippen molar-refractivity contribution in [2.24, 2.45) is 17.3 Å². The Morgan fingerprint density at radius 1 is 1.50 bits per heavy atom. The van der Waals surface area contributed by atoms with Crippen LogP contribution >= 0.6 is 0 Å². The first-order chi connectivity index (χ1) is 6.51. The summed E-state index contributed by atoms with van der Waals surface area (Å²) in [6.07, 6.45) is 2.59. The molecule has 1 fully saturated rings. The molecule has 2 unspecified atom stereocenters. The number of aliphatic hydroxyl groups excluding tert-OH is 1. The molecule has 0 aromatic heterocycles. The van der Waals surface area contributed by atoms with Crippen LogP contribution in [0.4, 0.5) is 0 Å². The lowest BCUT2D eigenvalue weighted by Gasteiger charge is -2.40. The van der Waals surface area contributed by atoms with E-state index in [9.17, 15) is 9.90 Å². The van der Waals surface area contributed by atoms with Crippen LogP contribution in [0.2, 0.25) is 0 Å². The van der Waals surface area contributed by atoms with Crippen LogP contribution in [0, 0.1) is 17.3 Å². The van der Waals surface area contributed by atoms with E-state index in [1.54, 1.807) is 0 Å². The van der Waals surface area contributed by atoms with Crippen molar-refractivity contribution < 1.29 is 14.6 Å². The van der Waals surface area contributed by atoms with Crippen LogP contribution in [-0.4, -0.2) is 24.8 Å². The van der Waals surface area contributed by atoms with E-state index in [1.165, 1.54) is 7.11 Å². The lowest BCUT2D eigenvalue weighted by atomic mass is 9.65. The average molecular weight is 200 g/mol. The molecule has 0 bridgehead atoms. The number of rotatable bonds is 2. The van der Waals surface area contributed by atoms with Crippen LogP contribution in [-0.2, 0) is 9.53 Å². The number of hydrogen-bond acceptors (Lipinski definition) is 3. The van der Waals surface area contributed by atoms with E-state index in [4.69, 9.17) is 4.74 Å². The maximum absolute atomic E-state index is 11.4. The highest BCUT2D eigenvalue weighted by Gasteiger charge is 2.39. The van der Waals surface area contributed by atoms with Crippen molar-refractivity contribution in [3.8, 4) is 0 Å². The van der Waals surface area contributed by atoms with Gasteiger partial charge in [0.2, 0.25) is 0 Å². The molecule has 14 heavy (non-hydrogen) atoms. The highest BCUT2D eigenvalue weighted by atomic mass is 16.5. The zero-order chi connectivity index (χ0) is 10.8. The highest BCUT2D eigenvalue weighted by molar-refractivity contribution is 5.72. The third kappa shape index (κ3) is 2.27. The second kappa shape index (κ2) is 4.30. The van der Waals surface area contributed by atoms with E-state index in [1.807, 2.05) is 0 Å². The van der Waals surface area contributed by atoms with Gasteiger partial charge in [-0.2, -0.15) is 0 Å². The van der Waals surface area contributed by atoms with Crippen LogP contribution in [0.3, 0.4) is 0 Å². The first kappa shape index (κ1) is 11.5. The second-order valence-electron chi connectivity index (χ2n) is 4.87. The van der Waals surface area contributed by atoms with Gasteiger partial charge in [0.15, 0.2) is 0 Å². The molecule has 1 aliphatic rings.